The topological polar surface area (TPSA) is 97.9 Å². The Balaban J connectivity index is 1.71. The predicted octanol–water partition coefficient (Wildman–Crippen LogP) is 2.87. The number of thiocarbonyl (C=S) groups is 1. The van der Waals surface area contributed by atoms with Gasteiger partial charge in [0, 0.05) is 5.02 Å². The lowest BCUT2D eigenvalue weighted by atomic mass is 10.3. The average Bonchev–Trinajstić information content (AvgIpc) is 2.73. The molecule has 2 amide bonds. The number of amides is 2. The van der Waals surface area contributed by atoms with E-state index in [2.05, 4.69) is 16.2 Å². The maximum atomic E-state index is 12.2. The molecule has 0 aliphatic rings. The van der Waals surface area contributed by atoms with Gasteiger partial charge in [-0.25, -0.2) is 0 Å². The highest BCUT2D eigenvalue weighted by Gasteiger charge is 2.17. The summed E-state index contributed by atoms with van der Waals surface area (Å²) in [5, 5.41) is 2.99. The van der Waals surface area contributed by atoms with Crippen LogP contribution in [0.25, 0.3) is 0 Å². The highest BCUT2D eigenvalue weighted by molar-refractivity contribution is 7.80. The summed E-state index contributed by atoms with van der Waals surface area (Å²) in [5.41, 5.74) is 4.72. The number of ether oxygens (including phenoxy) is 3. The summed E-state index contributed by atoms with van der Waals surface area (Å²) < 4.78 is 15.8. The smallest absolute Gasteiger partial charge is 0.276 e. The molecule has 0 saturated carbocycles. The van der Waals surface area contributed by atoms with Crippen molar-refractivity contribution < 1.29 is 23.8 Å². The van der Waals surface area contributed by atoms with Crippen LogP contribution in [0.3, 0.4) is 0 Å². The molecule has 2 aromatic rings. The summed E-state index contributed by atoms with van der Waals surface area (Å²) in [6.45, 7) is 1.26. The highest BCUT2D eigenvalue weighted by Crippen LogP contribution is 2.28. The number of hydrogen-bond donors (Lipinski definition) is 3. The van der Waals surface area contributed by atoms with Gasteiger partial charge in [-0.15, -0.1) is 0 Å². The Kier molecular flexibility index (Phi) is 8.97. The zero-order valence-corrected chi connectivity index (χ0v) is 18.4. The minimum absolute atomic E-state index is 0.115. The minimum Gasteiger partial charge on any atom is -0.497 e. The highest BCUT2D eigenvalue weighted by atomic mass is 35.5. The number of hydrogen-bond acceptors (Lipinski definition) is 6. The number of hydrazine groups is 1. The van der Waals surface area contributed by atoms with E-state index in [9.17, 15) is 9.59 Å². The van der Waals surface area contributed by atoms with Crippen LogP contribution < -0.4 is 30.4 Å². The van der Waals surface area contributed by atoms with Crippen molar-refractivity contribution >= 4 is 52.3 Å². The van der Waals surface area contributed by atoms with Gasteiger partial charge in [0.15, 0.2) is 17.8 Å². The van der Waals surface area contributed by atoms with Gasteiger partial charge in [-0.1, -0.05) is 23.2 Å². The van der Waals surface area contributed by atoms with Gasteiger partial charge < -0.3 is 14.2 Å². The lowest BCUT2D eigenvalue weighted by Gasteiger charge is -2.17. The van der Waals surface area contributed by atoms with Crippen LogP contribution >= 0.6 is 35.4 Å². The molecule has 0 aromatic heterocycles. The van der Waals surface area contributed by atoms with E-state index in [1.54, 1.807) is 43.5 Å². The number of benzene rings is 2. The van der Waals surface area contributed by atoms with Crippen molar-refractivity contribution in [2.75, 3.05) is 13.7 Å². The van der Waals surface area contributed by atoms with Gasteiger partial charge in [-0.05, 0) is 61.6 Å². The Labute approximate surface area is 188 Å². The van der Waals surface area contributed by atoms with E-state index in [1.165, 1.54) is 13.0 Å². The van der Waals surface area contributed by atoms with Crippen molar-refractivity contribution in [2.45, 2.75) is 13.0 Å². The number of halogens is 2. The molecule has 2 aromatic carbocycles. The summed E-state index contributed by atoms with van der Waals surface area (Å²) in [7, 11) is 1.55. The molecule has 0 bridgehead atoms. The summed E-state index contributed by atoms with van der Waals surface area (Å²) in [6, 6.07) is 11.4. The monoisotopic (exact) mass is 471 g/mol. The SMILES string of the molecule is COc1ccc(OCC(=O)NNC(=S)NC(=O)C(C)Oc2ccc(Cl)cc2Cl)cc1. The summed E-state index contributed by atoms with van der Waals surface area (Å²) in [6.07, 6.45) is -0.905. The van der Waals surface area contributed by atoms with Crippen molar-refractivity contribution in [2.24, 2.45) is 0 Å². The van der Waals surface area contributed by atoms with Crippen LogP contribution in [-0.2, 0) is 9.59 Å². The third-order valence-corrected chi connectivity index (χ3v) is 4.28. The lowest BCUT2D eigenvalue weighted by molar-refractivity contribution is -0.126. The van der Waals surface area contributed by atoms with Crippen LogP contribution in [0, 0.1) is 0 Å². The molecule has 0 fully saturated rings. The van der Waals surface area contributed by atoms with Crippen molar-refractivity contribution in [3.63, 3.8) is 0 Å². The van der Waals surface area contributed by atoms with Gasteiger partial charge >= 0.3 is 0 Å². The van der Waals surface area contributed by atoms with E-state index < -0.39 is 17.9 Å². The lowest BCUT2D eigenvalue weighted by Crippen LogP contribution is -2.51. The maximum absolute atomic E-state index is 12.2. The fourth-order valence-electron chi connectivity index (χ4n) is 2.04. The summed E-state index contributed by atoms with van der Waals surface area (Å²) >= 11 is 16.8. The van der Waals surface area contributed by atoms with E-state index in [-0.39, 0.29) is 16.7 Å². The van der Waals surface area contributed by atoms with Crippen LogP contribution in [0.15, 0.2) is 42.5 Å². The van der Waals surface area contributed by atoms with Gasteiger partial charge in [-0.3, -0.25) is 25.8 Å². The molecule has 0 aliphatic heterocycles. The van der Waals surface area contributed by atoms with Crippen LogP contribution in [-0.4, -0.2) is 36.7 Å². The van der Waals surface area contributed by atoms with Gasteiger partial charge in [-0.2, -0.15) is 0 Å². The second-order valence-electron chi connectivity index (χ2n) is 5.79. The molecule has 0 saturated heterocycles. The number of methoxy groups -OCH3 is 1. The average molecular weight is 472 g/mol. The van der Waals surface area contributed by atoms with E-state index >= 15 is 0 Å². The number of nitrogens with one attached hydrogen (secondary N) is 3. The molecule has 8 nitrogen and oxygen atoms in total. The fraction of sp³-hybridized carbons (Fsp3) is 0.211. The molecule has 2 rings (SSSR count). The van der Waals surface area contributed by atoms with Crippen molar-refractivity contribution in [1.82, 2.24) is 16.2 Å². The van der Waals surface area contributed by atoms with Gasteiger partial charge in [0.2, 0.25) is 0 Å². The van der Waals surface area contributed by atoms with Crippen molar-refractivity contribution in [1.29, 1.82) is 0 Å². The molecule has 160 valence electrons. The van der Waals surface area contributed by atoms with Crippen LogP contribution in [0.4, 0.5) is 0 Å². The van der Waals surface area contributed by atoms with Crippen molar-refractivity contribution in [3.8, 4) is 17.2 Å². The Bertz CT molecular complexity index is 912. The normalized spacial score (nSPS) is 11.1. The molecule has 1 atom stereocenters. The van der Waals surface area contributed by atoms with Gasteiger partial charge in [0.05, 0.1) is 12.1 Å². The third kappa shape index (κ3) is 7.58. The molecular weight excluding hydrogens is 453 g/mol. The third-order valence-electron chi connectivity index (χ3n) is 3.55. The van der Waals surface area contributed by atoms with Crippen LogP contribution in [0.1, 0.15) is 6.92 Å². The second-order valence-corrected chi connectivity index (χ2v) is 7.04. The van der Waals surface area contributed by atoms with Crippen LogP contribution in [0.2, 0.25) is 10.0 Å². The Hall–Kier alpha value is -2.75. The molecule has 30 heavy (non-hydrogen) atoms. The van der Waals surface area contributed by atoms with E-state index in [1.807, 2.05) is 0 Å². The molecule has 0 spiro atoms. The quantitative estimate of drug-likeness (QED) is 0.421. The summed E-state index contributed by atoms with van der Waals surface area (Å²) in [5.74, 6) is 0.424. The minimum atomic E-state index is -0.905. The van der Waals surface area contributed by atoms with Crippen molar-refractivity contribution in [3.05, 3.63) is 52.5 Å². The number of rotatable bonds is 7. The number of carbonyl (C=O) groups excluding carboxylic acids is 2. The molecule has 3 N–H and O–H groups in total. The Morgan fingerprint density at radius 1 is 1.07 bits per heavy atom. The van der Waals surface area contributed by atoms with Gasteiger partial charge in [0.25, 0.3) is 11.8 Å². The fourth-order valence-corrected chi connectivity index (χ4v) is 2.65. The first kappa shape index (κ1) is 23.5. The molecular formula is C19H19Cl2N3O5S. The molecule has 0 radical (unpaired) electrons. The second kappa shape index (κ2) is 11.4. The Morgan fingerprint density at radius 3 is 2.37 bits per heavy atom. The molecule has 0 aliphatic carbocycles. The van der Waals surface area contributed by atoms with E-state index in [0.29, 0.717) is 22.3 Å². The predicted molar refractivity (Wildman–Crippen MR) is 117 cm³/mol. The van der Waals surface area contributed by atoms with E-state index in [0.717, 1.165) is 0 Å². The standard InChI is InChI=1S/C19H19Cl2N3O5S/c1-11(29-16-8-3-12(20)9-15(16)21)18(26)22-19(30)24-23-17(25)10-28-14-6-4-13(27-2)5-7-14/h3-9,11H,10H2,1-2H3,(H,23,25)(H2,22,24,26,30). The zero-order chi connectivity index (χ0) is 22.1. The summed E-state index contributed by atoms with van der Waals surface area (Å²) in [4.78, 5) is 24.0. The molecule has 0 heterocycles. The first-order valence-corrected chi connectivity index (χ1v) is 9.73. The Morgan fingerprint density at radius 2 is 1.73 bits per heavy atom. The number of carbonyl (C=O) groups is 2. The van der Waals surface area contributed by atoms with Gasteiger partial charge in [0.1, 0.15) is 17.2 Å². The molecule has 11 heteroatoms. The largest absolute Gasteiger partial charge is 0.497 e. The first-order valence-electron chi connectivity index (χ1n) is 8.56. The molecule has 1 unspecified atom stereocenters. The first-order chi connectivity index (χ1) is 14.3. The van der Waals surface area contributed by atoms with Crippen LogP contribution in [0.5, 0.6) is 17.2 Å². The van der Waals surface area contributed by atoms with E-state index in [4.69, 9.17) is 49.6 Å². The maximum Gasteiger partial charge on any atom is 0.276 e. The zero-order valence-electron chi connectivity index (χ0n) is 16.0.